The van der Waals surface area contributed by atoms with Crippen LogP contribution in [0.4, 0.5) is 0 Å². The zero-order valence-electron chi connectivity index (χ0n) is 11.7. The summed E-state index contributed by atoms with van der Waals surface area (Å²) in [5, 5.41) is 20.1. The summed E-state index contributed by atoms with van der Waals surface area (Å²) in [4.78, 5) is 0. The number of aromatic nitrogens is 1. The second-order valence-electron chi connectivity index (χ2n) is 4.82. The van der Waals surface area contributed by atoms with Gasteiger partial charge in [0, 0.05) is 28.4 Å². The third-order valence-electron chi connectivity index (χ3n) is 3.66. The van der Waals surface area contributed by atoms with E-state index in [1.807, 2.05) is 36.4 Å². The Bertz CT molecular complexity index is 930. The molecule has 0 spiro atoms. The van der Waals surface area contributed by atoms with Crippen molar-refractivity contribution in [2.45, 2.75) is 13.5 Å². The van der Waals surface area contributed by atoms with Crippen molar-refractivity contribution in [3.8, 4) is 12.1 Å². The first-order valence-electron chi connectivity index (χ1n) is 6.81. The molecule has 1 aromatic heterocycles. The van der Waals surface area contributed by atoms with Gasteiger partial charge < -0.3 is 4.57 Å². The summed E-state index contributed by atoms with van der Waals surface area (Å²) in [5.41, 5.74) is 3.37. The van der Waals surface area contributed by atoms with Crippen molar-refractivity contribution in [3.63, 3.8) is 0 Å². The van der Waals surface area contributed by atoms with Gasteiger partial charge in [0.15, 0.2) is 0 Å². The first-order valence-corrected chi connectivity index (χ1v) is 6.81. The number of aryl methyl sites for hydroxylation is 1. The molecule has 100 valence electrons. The number of hydrogen-bond donors (Lipinski definition) is 0. The highest BCUT2D eigenvalue weighted by Gasteiger charge is 2.09. The van der Waals surface area contributed by atoms with Crippen molar-refractivity contribution in [2.24, 2.45) is 0 Å². The summed E-state index contributed by atoms with van der Waals surface area (Å²) in [7, 11) is 0. The van der Waals surface area contributed by atoms with Crippen LogP contribution in [0, 0.1) is 22.7 Å². The van der Waals surface area contributed by atoms with Gasteiger partial charge in [0.2, 0.25) is 0 Å². The number of benzene rings is 2. The third-order valence-corrected chi connectivity index (χ3v) is 3.66. The van der Waals surface area contributed by atoms with E-state index in [1.165, 1.54) is 16.4 Å². The smallest absolute Gasteiger partial charge is 0.130 e. The maximum Gasteiger partial charge on any atom is 0.130 e. The molecule has 0 aliphatic carbocycles. The van der Waals surface area contributed by atoms with E-state index in [9.17, 15) is 0 Å². The molecule has 0 aliphatic heterocycles. The second-order valence-corrected chi connectivity index (χ2v) is 4.82. The SMILES string of the molecule is CCn1c2ccccc2c2cc(C=C(C#N)C#N)ccc21. The molecule has 0 radical (unpaired) electrons. The molecule has 0 N–H and O–H groups in total. The Morgan fingerprint density at radius 3 is 2.48 bits per heavy atom. The van der Waals surface area contributed by atoms with Crippen molar-refractivity contribution in [1.29, 1.82) is 10.5 Å². The first-order chi connectivity index (χ1) is 10.3. The Kier molecular flexibility index (Phi) is 3.18. The Morgan fingerprint density at radius 1 is 1.05 bits per heavy atom. The number of nitriles is 2. The van der Waals surface area contributed by atoms with Gasteiger partial charge in [0.1, 0.15) is 17.7 Å². The van der Waals surface area contributed by atoms with Gasteiger partial charge >= 0.3 is 0 Å². The fourth-order valence-electron chi connectivity index (χ4n) is 2.76. The molecule has 0 fully saturated rings. The Hall–Kier alpha value is -3.04. The van der Waals surface area contributed by atoms with Gasteiger partial charge in [0.05, 0.1) is 0 Å². The second kappa shape index (κ2) is 5.15. The Balaban J connectivity index is 2.33. The minimum atomic E-state index is 0.119. The molecule has 0 atom stereocenters. The first kappa shape index (κ1) is 13.0. The molecule has 1 heterocycles. The number of hydrogen-bond acceptors (Lipinski definition) is 2. The lowest BCUT2D eigenvalue weighted by atomic mass is 10.1. The lowest BCUT2D eigenvalue weighted by molar-refractivity contribution is 0.827. The van der Waals surface area contributed by atoms with Gasteiger partial charge in [-0.1, -0.05) is 24.3 Å². The van der Waals surface area contributed by atoms with Crippen molar-refractivity contribution in [2.75, 3.05) is 0 Å². The summed E-state index contributed by atoms with van der Waals surface area (Å²) in [6.07, 6.45) is 1.62. The molecule has 3 heteroatoms. The third kappa shape index (κ3) is 2.06. The summed E-state index contributed by atoms with van der Waals surface area (Å²) in [6, 6.07) is 18.1. The summed E-state index contributed by atoms with van der Waals surface area (Å²) in [6.45, 7) is 3.03. The van der Waals surface area contributed by atoms with E-state index < -0.39 is 0 Å². The summed E-state index contributed by atoms with van der Waals surface area (Å²) < 4.78 is 2.27. The van der Waals surface area contributed by atoms with Crippen LogP contribution in [0.25, 0.3) is 27.9 Å². The predicted molar refractivity (Wildman–Crippen MR) is 84.3 cm³/mol. The van der Waals surface area contributed by atoms with E-state index in [0.29, 0.717) is 0 Å². The van der Waals surface area contributed by atoms with Crippen molar-refractivity contribution >= 4 is 27.9 Å². The molecule has 0 saturated carbocycles. The van der Waals surface area contributed by atoms with Gasteiger partial charge in [-0.2, -0.15) is 10.5 Å². The average Bonchev–Trinajstić information content (AvgIpc) is 2.85. The van der Waals surface area contributed by atoms with Crippen LogP contribution in [-0.4, -0.2) is 4.57 Å². The molecule has 0 amide bonds. The lowest BCUT2D eigenvalue weighted by Crippen LogP contribution is -1.92. The summed E-state index contributed by atoms with van der Waals surface area (Å²) in [5.74, 6) is 0. The predicted octanol–water partition coefficient (Wildman–Crippen LogP) is 4.24. The number of fused-ring (bicyclic) bond motifs is 3. The molecule has 3 nitrogen and oxygen atoms in total. The molecule has 3 aromatic rings. The largest absolute Gasteiger partial charge is 0.341 e. The molecule has 3 rings (SSSR count). The number of rotatable bonds is 2. The molecule has 21 heavy (non-hydrogen) atoms. The molecule has 2 aromatic carbocycles. The lowest BCUT2D eigenvalue weighted by Gasteiger charge is -2.02. The number of para-hydroxylation sites is 1. The van der Waals surface area contributed by atoms with Gasteiger partial charge in [0.25, 0.3) is 0 Å². The molecule has 0 saturated heterocycles. The van der Waals surface area contributed by atoms with Crippen molar-refractivity contribution in [1.82, 2.24) is 4.57 Å². The van der Waals surface area contributed by atoms with E-state index in [2.05, 4.69) is 29.7 Å². The highest BCUT2D eigenvalue weighted by molar-refractivity contribution is 6.08. The van der Waals surface area contributed by atoms with Crippen molar-refractivity contribution in [3.05, 3.63) is 53.6 Å². The maximum atomic E-state index is 8.87. The average molecular weight is 271 g/mol. The van der Waals surface area contributed by atoms with Gasteiger partial charge in [-0.25, -0.2) is 0 Å². The van der Waals surface area contributed by atoms with E-state index in [4.69, 9.17) is 10.5 Å². The van der Waals surface area contributed by atoms with Crippen LogP contribution in [0.2, 0.25) is 0 Å². The fourth-order valence-corrected chi connectivity index (χ4v) is 2.76. The normalized spacial score (nSPS) is 10.2. The zero-order chi connectivity index (χ0) is 14.8. The molecule has 0 aliphatic rings. The molecule has 0 unspecified atom stereocenters. The highest BCUT2D eigenvalue weighted by atomic mass is 15.0. The summed E-state index contributed by atoms with van der Waals surface area (Å²) >= 11 is 0. The van der Waals surface area contributed by atoms with Crippen LogP contribution in [0.1, 0.15) is 12.5 Å². The molecular weight excluding hydrogens is 258 g/mol. The maximum absolute atomic E-state index is 8.87. The molecule has 0 bridgehead atoms. The van der Waals surface area contributed by atoms with Gasteiger partial charge in [-0.15, -0.1) is 0 Å². The van der Waals surface area contributed by atoms with E-state index in [-0.39, 0.29) is 5.57 Å². The van der Waals surface area contributed by atoms with E-state index >= 15 is 0 Å². The zero-order valence-corrected chi connectivity index (χ0v) is 11.7. The van der Waals surface area contributed by atoms with Crippen LogP contribution in [0.3, 0.4) is 0 Å². The van der Waals surface area contributed by atoms with Crippen molar-refractivity contribution < 1.29 is 0 Å². The quantitative estimate of drug-likeness (QED) is 0.654. The Morgan fingerprint density at radius 2 is 1.76 bits per heavy atom. The monoisotopic (exact) mass is 271 g/mol. The fraction of sp³-hybridized carbons (Fsp3) is 0.111. The van der Waals surface area contributed by atoms with Crippen LogP contribution in [-0.2, 0) is 6.54 Å². The van der Waals surface area contributed by atoms with Crippen LogP contribution < -0.4 is 0 Å². The topological polar surface area (TPSA) is 52.5 Å². The minimum absolute atomic E-state index is 0.119. The van der Waals surface area contributed by atoms with Crippen LogP contribution in [0.5, 0.6) is 0 Å². The number of nitrogens with zero attached hydrogens (tertiary/aromatic N) is 3. The highest BCUT2D eigenvalue weighted by Crippen LogP contribution is 2.30. The number of allylic oxidation sites excluding steroid dienone is 1. The standard InChI is InChI=1S/C18H13N3/c1-2-21-17-6-4-3-5-15(17)16-10-13(7-8-18(16)21)9-14(11-19)12-20/h3-10H,2H2,1H3. The van der Waals surface area contributed by atoms with Gasteiger partial charge in [-0.05, 0) is 36.8 Å². The van der Waals surface area contributed by atoms with E-state index in [1.54, 1.807) is 6.08 Å². The van der Waals surface area contributed by atoms with E-state index in [0.717, 1.165) is 17.5 Å². The molecular formula is C18H13N3. The van der Waals surface area contributed by atoms with Crippen LogP contribution in [0.15, 0.2) is 48.0 Å². The minimum Gasteiger partial charge on any atom is -0.341 e. The van der Waals surface area contributed by atoms with Crippen LogP contribution >= 0.6 is 0 Å². The van der Waals surface area contributed by atoms with Gasteiger partial charge in [-0.3, -0.25) is 0 Å². The Labute approximate surface area is 122 Å².